The first kappa shape index (κ1) is 14.8. The molecule has 0 unspecified atom stereocenters. The highest BCUT2D eigenvalue weighted by molar-refractivity contribution is 9.11. The van der Waals surface area contributed by atoms with Crippen molar-refractivity contribution in [2.45, 2.75) is 31.3 Å². The molecule has 0 spiro atoms. The summed E-state index contributed by atoms with van der Waals surface area (Å²) < 4.78 is 1.05. The second kappa shape index (κ2) is 6.20. The van der Waals surface area contributed by atoms with Gasteiger partial charge in [0.2, 0.25) is 5.91 Å². The lowest BCUT2D eigenvalue weighted by molar-refractivity contribution is -0.127. The van der Waals surface area contributed by atoms with Crippen LogP contribution >= 0.6 is 27.3 Å². The maximum absolute atomic E-state index is 12.0. The number of likely N-dealkylation sites (N-methyl/N-ethyl adjacent to an activating group) is 1. The predicted octanol–water partition coefficient (Wildman–Crippen LogP) is 3.29. The van der Waals surface area contributed by atoms with Crippen LogP contribution in [0.25, 0.3) is 6.08 Å². The van der Waals surface area contributed by atoms with Gasteiger partial charge in [-0.2, -0.15) is 0 Å². The highest BCUT2D eigenvalue weighted by Crippen LogP contribution is 2.30. The van der Waals surface area contributed by atoms with Crippen LogP contribution in [0.2, 0.25) is 0 Å². The Kier molecular flexibility index (Phi) is 4.81. The molecule has 3 nitrogen and oxygen atoms in total. The Morgan fingerprint density at radius 3 is 2.79 bits per heavy atom. The molecule has 0 saturated heterocycles. The highest BCUT2D eigenvalue weighted by Gasteiger charge is 2.32. The van der Waals surface area contributed by atoms with Crippen LogP contribution in [0, 0.1) is 0 Å². The molecule has 0 aliphatic heterocycles. The molecule has 0 bridgehead atoms. The van der Waals surface area contributed by atoms with Crippen molar-refractivity contribution in [3.8, 4) is 0 Å². The second-order valence-electron chi connectivity index (χ2n) is 5.10. The van der Waals surface area contributed by atoms with Crippen LogP contribution in [0.5, 0.6) is 0 Å². The first-order chi connectivity index (χ1) is 8.98. The zero-order valence-corrected chi connectivity index (χ0v) is 13.3. The molecule has 0 atom stereocenters. The molecule has 5 heteroatoms. The first-order valence-corrected chi connectivity index (χ1v) is 8.00. The van der Waals surface area contributed by atoms with Crippen LogP contribution in [-0.2, 0) is 4.79 Å². The number of thiophene rings is 1. The van der Waals surface area contributed by atoms with Gasteiger partial charge in [0, 0.05) is 24.5 Å². The molecule has 1 aromatic rings. The second-order valence-corrected chi connectivity index (χ2v) is 7.60. The summed E-state index contributed by atoms with van der Waals surface area (Å²) in [6.45, 7) is 0.421. The van der Waals surface area contributed by atoms with Crippen LogP contribution in [0.4, 0.5) is 0 Å². The zero-order valence-electron chi connectivity index (χ0n) is 10.9. The third-order valence-electron chi connectivity index (χ3n) is 3.43. The molecule has 19 heavy (non-hydrogen) atoms. The number of carbonyl (C=O) groups is 1. The molecule has 1 aliphatic rings. The van der Waals surface area contributed by atoms with E-state index in [1.165, 1.54) is 0 Å². The van der Waals surface area contributed by atoms with Crippen molar-refractivity contribution in [3.05, 3.63) is 26.9 Å². The Hall–Kier alpha value is -0.650. The summed E-state index contributed by atoms with van der Waals surface area (Å²) in [6.07, 6.45) is 7.08. The van der Waals surface area contributed by atoms with E-state index in [4.69, 9.17) is 0 Å². The van der Waals surface area contributed by atoms with E-state index in [-0.39, 0.29) is 5.91 Å². The summed E-state index contributed by atoms with van der Waals surface area (Å²) in [5, 5.41) is 10.3. The molecule has 1 saturated carbocycles. The van der Waals surface area contributed by atoms with E-state index < -0.39 is 5.60 Å². The van der Waals surface area contributed by atoms with E-state index in [0.29, 0.717) is 6.54 Å². The van der Waals surface area contributed by atoms with Gasteiger partial charge in [-0.3, -0.25) is 4.79 Å². The Morgan fingerprint density at radius 1 is 1.53 bits per heavy atom. The minimum Gasteiger partial charge on any atom is -0.388 e. The fourth-order valence-corrected chi connectivity index (χ4v) is 3.74. The molecule has 1 aliphatic carbocycles. The molecule has 1 heterocycles. The third kappa shape index (κ3) is 4.16. The van der Waals surface area contributed by atoms with Crippen molar-refractivity contribution in [1.29, 1.82) is 0 Å². The lowest BCUT2D eigenvalue weighted by Crippen LogP contribution is -2.41. The predicted molar refractivity (Wildman–Crippen MR) is 82.1 cm³/mol. The van der Waals surface area contributed by atoms with Crippen LogP contribution < -0.4 is 0 Å². The lowest BCUT2D eigenvalue weighted by atomic mass is 10.0. The van der Waals surface area contributed by atoms with Gasteiger partial charge in [-0.05, 0) is 47.0 Å². The standard InChI is InChI=1S/C14H18BrNO2S/c1-16(10-14(18)8-2-3-9-14)13(17)7-5-11-4-6-12(15)19-11/h4-7,18H,2-3,8-10H2,1H3/b7-5+. The van der Waals surface area contributed by atoms with Crippen molar-refractivity contribution in [3.63, 3.8) is 0 Å². The molecule has 1 amide bonds. The molecule has 104 valence electrons. The Balaban J connectivity index is 1.90. The van der Waals surface area contributed by atoms with Crippen LogP contribution in [0.3, 0.4) is 0 Å². The number of amides is 1. The average molecular weight is 344 g/mol. The normalized spacial score (nSPS) is 18.1. The van der Waals surface area contributed by atoms with Gasteiger partial charge in [0.15, 0.2) is 0 Å². The summed E-state index contributed by atoms with van der Waals surface area (Å²) in [6, 6.07) is 3.92. The van der Waals surface area contributed by atoms with Gasteiger partial charge in [0.25, 0.3) is 0 Å². The molecule has 1 aromatic heterocycles. The molecule has 1 N–H and O–H groups in total. The van der Waals surface area contributed by atoms with Gasteiger partial charge < -0.3 is 10.0 Å². The van der Waals surface area contributed by atoms with Crippen LogP contribution in [0.1, 0.15) is 30.6 Å². The van der Waals surface area contributed by atoms with E-state index in [1.807, 2.05) is 18.2 Å². The fourth-order valence-electron chi connectivity index (χ4n) is 2.41. The Morgan fingerprint density at radius 2 is 2.21 bits per heavy atom. The molecule has 2 rings (SSSR count). The number of aliphatic hydroxyl groups is 1. The maximum atomic E-state index is 12.0. The maximum Gasteiger partial charge on any atom is 0.246 e. The Bertz CT molecular complexity index is 478. The summed E-state index contributed by atoms with van der Waals surface area (Å²) >= 11 is 4.97. The molecule has 0 aromatic carbocycles. The summed E-state index contributed by atoms with van der Waals surface area (Å²) in [7, 11) is 1.74. The van der Waals surface area contributed by atoms with Crippen molar-refractivity contribution >= 4 is 39.2 Å². The van der Waals surface area contributed by atoms with Crippen molar-refractivity contribution in [2.75, 3.05) is 13.6 Å². The van der Waals surface area contributed by atoms with Gasteiger partial charge in [-0.15, -0.1) is 11.3 Å². The van der Waals surface area contributed by atoms with Crippen LogP contribution in [0.15, 0.2) is 22.0 Å². The van der Waals surface area contributed by atoms with Gasteiger partial charge in [0.1, 0.15) is 0 Å². The number of halogens is 1. The molecular formula is C14H18BrNO2S. The monoisotopic (exact) mass is 343 g/mol. The summed E-state index contributed by atoms with van der Waals surface area (Å²) in [4.78, 5) is 14.6. The molecule has 1 fully saturated rings. The quantitative estimate of drug-likeness (QED) is 0.852. The van der Waals surface area contributed by atoms with Gasteiger partial charge in [-0.25, -0.2) is 0 Å². The number of hydrogen-bond acceptors (Lipinski definition) is 3. The van der Waals surface area contributed by atoms with Crippen molar-refractivity contribution in [2.24, 2.45) is 0 Å². The SMILES string of the molecule is CN(CC1(O)CCCC1)C(=O)/C=C/c1ccc(Br)s1. The van der Waals surface area contributed by atoms with Crippen LogP contribution in [-0.4, -0.2) is 35.1 Å². The molecular weight excluding hydrogens is 326 g/mol. The number of hydrogen-bond donors (Lipinski definition) is 1. The zero-order chi connectivity index (χ0) is 13.9. The summed E-state index contributed by atoms with van der Waals surface area (Å²) in [5.74, 6) is -0.0650. The number of carbonyl (C=O) groups excluding carboxylic acids is 1. The lowest BCUT2D eigenvalue weighted by Gasteiger charge is -2.27. The fraction of sp³-hybridized carbons (Fsp3) is 0.500. The minimum atomic E-state index is -0.676. The number of nitrogens with zero attached hydrogens (tertiary/aromatic N) is 1. The first-order valence-electron chi connectivity index (χ1n) is 6.39. The minimum absolute atomic E-state index is 0.0650. The largest absolute Gasteiger partial charge is 0.388 e. The average Bonchev–Trinajstić information content (AvgIpc) is 2.95. The van der Waals surface area contributed by atoms with Crippen molar-refractivity contribution in [1.82, 2.24) is 4.90 Å². The number of rotatable bonds is 4. The third-order valence-corrected chi connectivity index (χ3v) is 5.02. The summed E-state index contributed by atoms with van der Waals surface area (Å²) in [5.41, 5.74) is -0.676. The topological polar surface area (TPSA) is 40.5 Å². The highest BCUT2D eigenvalue weighted by atomic mass is 79.9. The smallest absolute Gasteiger partial charge is 0.246 e. The van der Waals surface area contributed by atoms with E-state index in [1.54, 1.807) is 29.4 Å². The van der Waals surface area contributed by atoms with Crippen molar-refractivity contribution < 1.29 is 9.90 Å². The van der Waals surface area contributed by atoms with E-state index in [2.05, 4.69) is 15.9 Å². The van der Waals surface area contributed by atoms with E-state index >= 15 is 0 Å². The Labute approximate surface area is 126 Å². The van der Waals surface area contributed by atoms with Gasteiger partial charge in [0.05, 0.1) is 9.39 Å². The molecule has 0 radical (unpaired) electrons. The van der Waals surface area contributed by atoms with Gasteiger partial charge in [-0.1, -0.05) is 12.8 Å². The van der Waals surface area contributed by atoms with Gasteiger partial charge >= 0.3 is 0 Å². The van der Waals surface area contributed by atoms with E-state index in [9.17, 15) is 9.90 Å². The van der Waals surface area contributed by atoms with E-state index in [0.717, 1.165) is 34.3 Å².